The van der Waals surface area contributed by atoms with Crippen molar-refractivity contribution in [3.8, 4) is 22.3 Å². The molecule has 6 rings (SSSR count). The largest absolute Gasteiger partial charge is 0.465 e. The number of nitrogens with zero attached hydrogens (tertiary/aromatic N) is 4. The van der Waals surface area contributed by atoms with Gasteiger partial charge in [0, 0.05) is 17.3 Å². The lowest BCUT2D eigenvalue weighted by molar-refractivity contribution is -0.137. The molecule has 49 heavy (non-hydrogen) atoms. The minimum absolute atomic E-state index is 0.0957. The lowest BCUT2D eigenvalue weighted by Gasteiger charge is -2.34. The van der Waals surface area contributed by atoms with E-state index in [0.29, 0.717) is 44.6 Å². The van der Waals surface area contributed by atoms with E-state index in [2.05, 4.69) is 4.98 Å². The molecule has 13 heteroatoms. The maximum Gasteiger partial charge on any atom is 0.416 e. The van der Waals surface area contributed by atoms with Crippen LogP contribution in [0.25, 0.3) is 22.3 Å². The van der Waals surface area contributed by atoms with Gasteiger partial charge < -0.3 is 14.4 Å². The number of ether oxygens (including phenoxy) is 2. The summed E-state index contributed by atoms with van der Waals surface area (Å²) in [6.45, 7) is 6.76. The monoisotopic (exact) mass is 680 g/mol. The third-order valence-corrected chi connectivity index (χ3v) is 8.98. The summed E-state index contributed by atoms with van der Waals surface area (Å²) in [5.74, 6) is -0.782. The van der Waals surface area contributed by atoms with E-state index in [9.17, 15) is 27.2 Å². The molecular weight excluding hydrogens is 647 g/mol. The normalized spacial score (nSPS) is 18.0. The van der Waals surface area contributed by atoms with Crippen LogP contribution in [0.15, 0.2) is 54.7 Å². The molecule has 0 unspecified atom stereocenters. The van der Waals surface area contributed by atoms with Crippen molar-refractivity contribution in [3.05, 3.63) is 99.6 Å². The Bertz CT molecular complexity index is 1960. The van der Waals surface area contributed by atoms with Crippen LogP contribution in [0, 0.1) is 26.6 Å². The van der Waals surface area contributed by atoms with Crippen LogP contribution in [0.4, 0.5) is 32.7 Å². The number of esters is 1. The van der Waals surface area contributed by atoms with Crippen LogP contribution in [-0.4, -0.2) is 59.3 Å². The highest BCUT2D eigenvalue weighted by atomic mass is 19.4. The molecular formula is C36H33F5N4O4. The SMILES string of the molecule is COC(=O)c1ccc(-c2cc(-c3cnc(N4CC(F)C4)nc3CN3C(=O)O[C@H](c4cc(C)cc(C(F)(F)F)c4)[C@@H]3C)c(C)cc2F)c(C)c1. The Morgan fingerprint density at radius 1 is 0.980 bits per heavy atom. The Kier molecular flexibility index (Phi) is 8.80. The second-order valence-corrected chi connectivity index (χ2v) is 12.5. The predicted molar refractivity (Wildman–Crippen MR) is 171 cm³/mol. The van der Waals surface area contributed by atoms with Gasteiger partial charge in [-0.05, 0) is 91.9 Å². The lowest BCUT2D eigenvalue weighted by atomic mass is 9.92. The maximum atomic E-state index is 15.6. The highest BCUT2D eigenvalue weighted by molar-refractivity contribution is 5.91. The van der Waals surface area contributed by atoms with Gasteiger partial charge in [0.25, 0.3) is 0 Å². The van der Waals surface area contributed by atoms with Gasteiger partial charge in [0.2, 0.25) is 5.95 Å². The zero-order valence-corrected chi connectivity index (χ0v) is 27.4. The number of amides is 1. The van der Waals surface area contributed by atoms with Gasteiger partial charge in [-0.2, -0.15) is 13.2 Å². The minimum Gasteiger partial charge on any atom is -0.465 e. The Hall–Kier alpha value is -5.07. The van der Waals surface area contributed by atoms with Gasteiger partial charge >= 0.3 is 18.2 Å². The maximum absolute atomic E-state index is 15.6. The molecule has 256 valence electrons. The van der Waals surface area contributed by atoms with Crippen molar-refractivity contribution in [2.75, 3.05) is 25.1 Å². The van der Waals surface area contributed by atoms with Crippen molar-refractivity contribution in [1.82, 2.24) is 14.9 Å². The van der Waals surface area contributed by atoms with Gasteiger partial charge in [-0.1, -0.05) is 17.7 Å². The second-order valence-electron chi connectivity index (χ2n) is 12.5. The van der Waals surface area contributed by atoms with Crippen molar-refractivity contribution >= 4 is 18.0 Å². The highest BCUT2D eigenvalue weighted by Gasteiger charge is 2.42. The molecule has 8 nitrogen and oxygen atoms in total. The van der Waals surface area contributed by atoms with Crippen molar-refractivity contribution in [3.63, 3.8) is 0 Å². The number of benzene rings is 3. The van der Waals surface area contributed by atoms with E-state index in [1.165, 1.54) is 18.1 Å². The number of hydrogen-bond donors (Lipinski definition) is 0. The number of aryl methyl sites for hydroxylation is 3. The quantitative estimate of drug-likeness (QED) is 0.145. The average molecular weight is 681 g/mol. The van der Waals surface area contributed by atoms with E-state index in [1.54, 1.807) is 69.1 Å². The first-order chi connectivity index (χ1) is 23.1. The summed E-state index contributed by atoms with van der Waals surface area (Å²) in [5, 5.41) is 0. The molecule has 3 aromatic carbocycles. The van der Waals surface area contributed by atoms with Crippen molar-refractivity contribution in [1.29, 1.82) is 0 Å². The van der Waals surface area contributed by atoms with Gasteiger partial charge in [0.05, 0.1) is 49.6 Å². The van der Waals surface area contributed by atoms with Crippen LogP contribution >= 0.6 is 0 Å². The van der Waals surface area contributed by atoms with E-state index in [0.717, 1.165) is 12.1 Å². The topological polar surface area (TPSA) is 84.9 Å². The molecule has 3 heterocycles. The summed E-state index contributed by atoms with van der Waals surface area (Å²) in [6, 6.07) is 10.7. The molecule has 2 aliphatic heterocycles. The minimum atomic E-state index is -4.58. The average Bonchev–Trinajstić information content (AvgIpc) is 3.31. The fourth-order valence-electron chi connectivity index (χ4n) is 6.33. The van der Waals surface area contributed by atoms with Crippen molar-refractivity contribution < 1.29 is 41.0 Å². The summed E-state index contributed by atoms with van der Waals surface area (Å²) in [7, 11) is 1.27. The van der Waals surface area contributed by atoms with Crippen LogP contribution in [-0.2, 0) is 22.2 Å². The first-order valence-corrected chi connectivity index (χ1v) is 15.6. The standard InChI is InChI=1S/C36H33F5N4O4/c1-18-8-23(12-24(9-18)36(39,40)41)32-21(4)45(35(47)49-32)17-31-29(14-42-34(43-31)44-15-25(37)16-44)27-13-28(30(38)11-20(27)3)26-7-6-22(10-19(26)2)33(46)48-5/h6-14,21,25,32H,15-17H2,1-5H3/t21-,32-/m0/s1. The van der Waals surface area contributed by atoms with Crippen LogP contribution in [0.3, 0.4) is 0 Å². The fourth-order valence-corrected chi connectivity index (χ4v) is 6.33. The number of aromatic nitrogens is 2. The van der Waals surface area contributed by atoms with E-state index in [-0.39, 0.29) is 36.7 Å². The molecule has 2 atom stereocenters. The molecule has 2 saturated heterocycles. The molecule has 1 aromatic heterocycles. The van der Waals surface area contributed by atoms with Crippen molar-refractivity contribution in [2.45, 2.75) is 58.7 Å². The molecule has 0 aliphatic carbocycles. The number of carbonyl (C=O) groups excluding carboxylic acids is 2. The number of rotatable bonds is 7. The van der Waals surface area contributed by atoms with Gasteiger partial charge in [-0.15, -0.1) is 0 Å². The van der Waals surface area contributed by atoms with Crippen LogP contribution in [0.5, 0.6) is 0 Å². The summed E-state index contributed by atoms with van der Waals surface area (Å²) in [4.78, 5) is 37.6. The van der Waals surface area contributed by atoms with Crippen LogP contribution in [0.2, 0.25) is 0 Å². The first kappa shape index (κ1) is 33.8. The van der Waals surface area contributed by atoms with Gasteiger partial charge in [-0.25, -0.2) is 28.3 Å². The number of anilines is 1. The molecule has 0 N–H and O–H groups in total. The molecule has 2 aliphatic rings. The molecule has 4 aromatic rings. The number of cyclic esters (lactones) is 1. The third-order valence-electron chi connectivity index (χ3n) is 8.98. The predicted octanol–water partition coefficient (Wildman–Crippen LogP) is 7.92. The van der Waals surface area contributed by atoms with E-state index in [4.69, 9.17) is 14.5 Å². The Labute approximate surface area is 279 Å². The number of halogens is 5. The Morgan fingerprint density at radius 2 is 1.69 bits per heavy atom. The molecule has 0 bridgehead atoms. The Morgan fingerprint density at radius 3 is 2.35 bits per heavy atom. The highest BCUT2D eigenvalue weighted by Crippen LogP contribution is 2.40. The molecule has 2 fully saturated rings. The van der Waals surface area contributed by atoms with Crippen LogP contribution < -0.4 is 4.90 Å². The van der Waals surface area contributed by atoms with Crippen molar-refractivity contribution in [2.24, 2.45) is 0 Å². The molecule has 0 spiro atoms. The lowest BCUT2D eigenvalue weighted by Crippen LogP contribution is -2.49. The summed E-state index contributed by atoms with van der Waals surface area (Å²) < 4.78 is 80.6. The third kappa shape index (κ3) is 6.53. The molecule has 0 saturated carbocycles. The zero-order valence-electron chi connectivity index (χ0n) is 27.4. The summed E-state index contributed by atoms with van der Waals surface area (Å²) in [6.07, 6.45) is -5.81. The molecule has 1 amide bonds. The fraction of sp³-hybridized carbons (Fsp3) is 0.333. The van der Waals surface area contributed by atoms with Gasteiger partial charge in [0.15, 0.2) is 0 Å². The zero-order chi connectivity index (χ0) is 35.4. The molecule has 0 radical (unpaired) electrons. The van der Waals surface area contributed by atoms with Gasteiger partial charge in [-0.3, -0.25) is 4.90 Å². The number of methoxy groups -OCH3 is 1. The van der Waals surface area contributed by atoms with E-state index >= 15 is 4.39 Å². The summed E-state index contributed by atoms with van der Waals surface area (Å²) >= 11 is 0. The smallest absolute Gasteiger partial charge is 0.416 e. The number of alkyl halides is 4. The summed E-state index contributed by atoms with van der Waals surface area (Å²) in [5.41, 5.74) is 3.41. The van der Waals surface area contributed by atoms with Crippen LogP contribution in [0.1, 0.15) is 56.9 Å². The second kappa shape index (κ2) is 12.8. The van der Waals surface area contributed by atoms with Gasteiger partial charge in [0.1, 0.15) is 18.1 Å². The first-order valence-electron chi connectivity index (χ1n) is 15.6. The number of carbonyl (C=O) groups is 2. The van der Waals surface area contributed by atoms with E-state index < -0.39 is 47.9 Å². The Balaban J connectivity index is 1.40. The van der Waals surface area contributed by atoms with E-state index in [1.807, 2.05) is 0 Å². The number of hydrogen-bond acceptors (Lipinski definition) is 7.